The van der Waals surface area contributed by atoms with Crippen LogP contribution in [0.25, 0.3) is 0 Å². The maximum Gasteiger partial charge on any atom is 0.225 e. The average Bonchev–Trinajstić information content (AvgIpc) is 2.80. The van der Waals surface area contributed by atoms with Gasteiger partial charge in [0.05, 0.1) is 5.92 Å². The molecule has 0 radical (unpaired) electrons. The van der Waals surface area contributed by atoms with Crippen LogP contribution in [0, 0.1) is 5.92 Å². The van der Waals surface area contributed by atoms with E-state index in [1.54, 1.807) is 11.3 Å². The molecular weight excluding hydrogens is 246 g/mol. The van der Waals surface area contributed by atoms with Crippen LogP contribution < -0.4 is 10.2 Å². The summed E-state index contributed by atoms with van der Waals surface area (Å²) in [6.07, 6.45) is 3.85. The standard InChI is InChI=1S/C13H21N3OS/c1-13(2,3)15-11(17)10-5-4-7-16(9-10)12-14-6-8-18-12/h6,8,10H,4-5,7,9H2,1-3H3,(H,15,17). The summed E-state index contributed by atoms with van der Waals surface area (Å²) in [6.45, 7) is 7.85. The summed E-state index contributed by atoms with van der Waals surface area (Å²) in [6, 6.07) is 0. The first-order valence-corrected chi connectivity index (χ1v) is 7.30. The van der Waals surface area contributed by atoms with E-state index in [1.165, 1.54) is 0 Å². The summed E-state index contributed by atoms with van der Waals surface area (Å²) < 4.78 is 0. The molecule has 1 aromatic rings. The first-order chi connectivity index (χ1) is 8.46. The number of aromatic nitrogens is 1. The number of hydrogen-bond acceptors (Lipinski definition) is 4. The zero-order chi connectivity index (χ0) is 13.2. The fourth-order valence-electron chi connectivity index (χ4n) is 2.21. The zero-order valence-corrected chi connectivity index (χ0v) is 12.1. The minimum absolute atomic E-state index is 0.0851. The van der Waals surface area contributed by atoms with E-state index in [0.29, 0.717) is 0 Å². The number of nitrogens with zero attached hydrogens (tertiary/aromatic N) is 2. The highest BCUT2D eigenvalue weighted by atomic mass is 32.1. The SMILES string of the molecule is CC(C)(C)NC(=O)C1CCCN(c2nccs2)C1. The van der Waals surface area contributed by atoms with Crippen LogP contribution in [0.2, 0.25) is 0 Å². The Bertz CT molecular complexity index is 397. The molecule has 2 heterocycles. The van der Waals surface area contributed by atoms with Crippen LogP contribution in [0.3, 0.4) is 0 Å². The lowest BCUT2D eigenvalue weighted by Gasteiger charge is -2.33. The van der Waals surface area contributed by atoms with Crippen molar-refractivity contribution in [3.8, 4) is 0 Å². The Morgan fingerprint density at radius 1 is 1.56 bits per heavy atom. The third kappa shape index (κ3) is 3.45. The predicted molar refractivity (Wildman–Crippen MR) is 74.9 cm³/mol. The third-order valence-corrected chi connectivity index (χ3v) is 3.81. The number of amides is 1. The van der Waals surface area contributed by atoms with E-state index in [4.69, 9.17) is 0 Å². The molecule has 5 heteroatoms. The minimum Gasteiger partial charge on any atom is -0.351 e. The van der Waals surface area contributed by atoms with Crippen molar-refractivity contribution in [1.82, 2.24) is 10.3 Å². The number of carbonyl (C=O) groups is 1. The zero-order valence-electron chi connectivity index (χ0n) is 11.3. The quantitative estimate of drug-likeness (QED) is 0.894. The Labute approximate surface area is 112 Å². The van der Waals surface area contributed by atoms with Crippen molar-refractivity contribution in [2.45, 2.75) is 39.2 Å². The molecule has 1 amide bonds. The van der Waals surface area contributed by atoms with Gasteiger partial charge >= 0.3 is 0 Å². The lowest BCUT2D eigenvalue weighted by molar-refractivity contribution is -0.126. The molecule has 1 fully saturated rings. The molecule has 0 aliphatic carbocycles. The number of nitrogens with one attached hydrogen (secondary N) is 1. The van der Waals surface area contributed by atoms with Gasteiger partial charge in [-0.15, -0.1) is 11.3 Å². The van der Waals surface area contributed by atoms with Gasteiger partial charge in [-0.1, -0.05) is 0 Å². The van der Waals surface area contributed by atoms with Crippen LogP contribution in [0.4, 0.5) is 5.13 Å². The number of carbonyl (C=O) groups excluding carboxylic acids is 1. The van der Waals surface area contributed by atoms with Crippen LogP contribution in [0.1, 0.15) is 33.6 Å². The lowest BCUT2D eigenvalue weighted by Crippen LogP contribution is -2.48. The summed E-state index contributed by atoms with van der Waals surface area (Å²) in [7, 11) is 0. The van der Waals surface area contributed by atoms with Gasteiger partial charge in [0.15, 0.2) is 5.13 Å². The molecule has 1 atom stereocenters. The molecular formula is C13H21N3OS. The highest BCUT2D eigenvalue weighted by Gasteiger charge is 2.28. The highest BCUT2D eigenvalue weighted by Crippen LogP contribution is 2.25. The Morgan fingerprint density at radius 2 is 2.33 bits per heavy atom. The van der Waals surface area contributed by atoms with Crippen LogP contribution >= 0.6 is 11.3 Å². The van der Waals surface area contributed by atoms with Gasteiger partial charge < -0.3 is 10.2 Å². The Morgan fingerprint density at radius 3 is 2.94 bits per heavy atom. The van der Waals surface area contributed by atoms with Gasteiger partial charge in [0.1, 0.15) is 0 Å². The largest absolute Gasteiger partial charge is 0.351 e. The predicted octanol–water partition coefficient (Wildman–Crippen LogP) is 2.27. The number of anilines is 1. The van der Waals surface area contributed by atoms with Crippen molar-refractivity contribution in [1.29, 1.82) is 0 Å². The smallest absolute Gasteiger partial charge is 0.225 e. The second kappa shape index (κ2) is 5.26. The molecule has 2 rings (SSSR count). The molecule has 0 aromatic carbocycles. The maximum atomic E-state index is 12.2. The molecule has 1 aromatic heterocycles. The minimum atomic E-state index is -0.152. The lowest BCUT2D eigenvalue weighted by atomic mass is 9.96. The molecule has 1 aliphatic heterocycles. The summed E-state index contributed by atoms with van der Waals surface area (Å²) in [5, 5.41) is 6.08. The monoisotopic (exact) mass is 267 g/mol. The van der Waals surface area contributed by atoms with Gasteiger partial charge in [-0.25, -0.2) is 4.98 Å². The number of thiazole rings is 1. The van der Waals surface area contributed by atoms with Crippen LogP contribution in [0.5, 0.6) is 0 Å². The molecule has 1 N–H and O–H groups in total. The first-order valence-electron chi connectivity index (χ1n) is 6.42. The van der Waals surface area contributed by atoms with E-state index in [0.717, 1.165) is 31.1 Å². The number of piperidine rings is 1. The average molecular weight is 267 g/mol. The third-order valence-electron chi connectivity index (χ3n) is 2.98. The fourth-order valence-corrected chi connectivity index (χ4v) is 2.89. The maximum absolute atomic E-state index is 12.2. The van der Waals surface area contributed by atoms with E-state index >= 15 is 0 Å². The van der Waals surface area contributed by atoms with Crippen molar-refractivity contribution in [2.24, 2.45) is 5.92 Å². The Kier molecular flexibility index (Phi) is 3.90. The topological polar surface area (TPSA) is 45.2 Å². The van der Waals surface area contributed by atoms with E-state index in [2.05, 4.69) is 15.2 Å². The van der Waals surface area contributed by atoms with Crippen molar-refractivity contribution in [3.63, 3.8) is 0 Å². The van der Waals surface area contributed by atoms with Gasteiger partial charge in [-0.05, 0) is 33.6 Å². The van der Waals surface area contributed by atoms with Crippen molar-refractivity contribution >= 4 is 22.4 Å². The second-order valence-corrected chi connectivity index (χ2v) is 6.71. The Hall–Kier alpha value is -1.10. The van der Waals surface area contributed by atoms with Gasteiger partial charge in [-0.2, -0.15) is 0 Å². The number of rotatable bonds is 2. The van der Waals surface area contributed by atoms with Crippen LogP contribution in [-0.2, 0) is 4.79 Å². The second-order valence-electron chi connectivity index (χ2n) is 5.84. The van der Waals surface area contributed by atoms with Gasteiger partial charge in [0.25, 0.3) is 0 Å². The fraction of sp³-hybridized carbons (Fsp3) is 0.692. The summed E-state index contributed by atoms with van der Waals surface area (Å²) in [5.41, 5.74) is -0.152. The molecule has 0 spiro atoms. The molecule has 1 saturated heterocycles. The van der Waals surface area contributed by atoms with Crippen molar-refractivity contribution < 1.29 is 4.79 Å². The van der Waals surface area contributed by atoms with Gasteiger partial charge in [0.2, 0.25) is 5.91 Å². The molecule has 0 bridgehead atoms. The van der Waals surface area contributed by atoms with E-state index < -0.39 is 0 Å². The molecule has 1 unspecified atom stereocenters. The van der Waals surface area contributed by atoms with E-state index in [-0.39, 0.29) is 17.4 Å². The molecule has 100 valence electrons. The molecule has 18 heavy (non-hydrogen) atoms. The van der Waals surface area contributed by atoms with Crippen LogP contribution in [-0.4, -0.2) is 29.5 Å². The van der Waals surface area contributed by atoms with Crippen molar-refractivity contribution in [3.05, 3.63) is 11.6 Å². The Balaban J connectivity index is 1.96. The molecule has 0 saturated carbocycles. The molecule has 1 aliphatic rings. The van der Waals surface area contributed by atoms with E-state index in [9.17, 15) is 4.79 Å². The van der Waals surface area contributed by atoms with Gasteiger partial charge in [0, 0.05) is 30.2 Å². The first kappa shape index (κ1) is 13.3. The summed E-state index contributed by atoms with van der Waals surface area (Å²) in [4.78, 5) is 18.7. The van der Waals surface area contributed by atoms with E-state index in [1.807, 2.05) is 32.3 Å². The number of hydrogen-bond donors (Lipinski definition) is 1. The highest BCUT2D eigenvalue weighted by molar-refractivity contribution is 7.13. The summed E-state index contributed by atoms with van der Waals surface area (Å²) >= 11 is 1.64. The molecule has 4 nitrogen and oxygen atoms in total. The van der Waals surface area contributed by atoms with Gasteiger partial charge in [-0.3, -0.25) is 4.79 Å². The van der Waals surface area contributed by atoms with Crippen molar-refractivity contribution in [2.75, 3.05) is 18.0 Å². The normalized spacial score (nSPS) is 20.8. The summed E-state index contributed by atoms with van der Waals surface area (Å²) in [5.74, 6) is 0.255. The van der Waals surface area contributed by atoms with Crippen LogP contribution in [0.15, 0.2) is 11.6 Å².